The fourth-order valence-corrected chi connectivity index (χ4v) is 2.81. The lowest BCUT2D eigenvalue weighted by Gasteiger charge is -2.15. The number of nitrogens with one attached hydrogen (secondary N) is 1. The summed E-state index contributed by atoms with van der Waals surface area (Å²) < 4.78 is 18.4. The molecule has 0 radical (unpaired) electrons. The van der Waals surface area contributed by atoms with Crippen LogP contribution in [0.5, 0.6) is 5.75 Å². The first-order valence-electron chi connectivity index (χ1n) is 7.76. The molecule has 2 N–H and O–H groups in total. The number of halogens is 1. The van der Waals surface area contributed by atoms with Gasteiger partial charge in [-0.15, -0.1) is 11.8 Å². The van der Waals surface area contributed by atoms with E-state index in [1.807, 2.05) is 38.1 Å². The predicted molar refractivity (Wildman–Crippen MR) is 99.6 cm³/mol. The molecular formula is C19H24FNO3S. The minimum Gasteiger partial charge on any atom is -0.494 e. The van der Waals surface area contributed by atoms with Crippen LogP contribution in [0.15, 0.2) is 47.4 Å². The number of benzene rings is 2. The van der Waals surface area contributed by atoms with Gasteiger partial charge in [0.1, 0.15) is 0 Å². The Labute approximate surface area is 152 Å². The van der Waals surface area contributed by atoms with Gasteiger partial charge < -0.3 is 15.2 Å². The van der Waals surface area contributed by atoms with Crippen LogP contribution in [0, 0.1) is 12.7 Å². The molecule has 0 saturated heterocycles. The third-order valence-corrected chi connectivity index (χ3v) is 4.46. The number of ether oxygens (including phenoxy) is 1. The van der Waals surface area contributed by atoms with Gasteiger partial charge in [-0.3, -0.25) is 4.79 Å². The summed E-state index contributed by atoms with van der Waals surface area (Å²) in [7, 11) is 2.42. The Kier molecular flexibility index (Phi) is 9.02. The van der Waals surface area contributed by atoms with Crippen molar-refractivity contribution in [1.82, 2.24) is 5.32 Å². The van der Waals surface area contributed by atoms with Crippen molar-refractivity contribution in [2.24, 2.45) is 0 Å². The van der Waals surface area contributed by atoms with Gasteiger partial charge >= 0.3 is 0 Å². The average Bonchev–Trinajstić information content (AvgIpc) is 2.63. The summed E-state index contributed by atoms with van der Waals surface area (Å²) >= 11 is 1.49. The van der Waals surface area contributed by atoms with E-state index >= 15 is 0 Å². The lowest BCUT2D eigenvalue weighted by atomic mass is 10.1. The number of aryl methyl sites for hydroxylation is 1. The van der Waals surface area contributed by atoms with E-state index in [-0.39, 0.29) is 17.7 Å². The molecule has 1 unspecified atom stereocenters. The number of carbonyl (C=O) groups is 1. The van der Waals surface area contributed by atoms with Gasteiger partial charge in [-0.1, -0.05) is 23.8 Å². The zero-order valence-corrected chi connectivity index (χ0v) is 15.7. The number of carbonyl (C=O) groups excluding carboxylic acids is 1. The number of rotatable bonds is 6. The highest BCUT2D eigenvalue weighted by Gasteiger charge is 2.12. The van der Waals surface area contributed by atoms with Crippen LogP contribution in [0.2, 0.25) is 0 Å². The zero-order chi connectivity index (χ0) is 18.8. The molecule has 136 valence electrons. The predicted octanol–water partition coefficient (Wildman–Crippen LogP) is 3.72. The summed E-state index contributed by atoms with van der Waals surface area (Å²) in [6, 6.07) is 12.4. The smallest absolute Gasteiger partial charge is 0.230 e. The van der Waals surface area contributed by atoms with Crippen molar-refractivity contribution in [1.29, 1.82) is 0 Å². The SMILES string of the molecule is CO.COc1cc(C(C)NC(=O)CSc2ccc(C)cc2)ccc1F. The molecule has 0 aliphatic rings. The highest BCUT2D eigenvalue weighted by Crippen LogP contribution is 2.23. The van der Waals surface area contributed by atoms with Crippen molar-refractivity contribution >= 4 is 17.7 Å². The Balaban J connectivity index is 0.00000151. The van der Waals surface area contributed by atoms with Gasteiger partial charge in [0.2, 0.25) is 5.91 Å². The maximum absolute atomic E-state index is 13.4. The molecule has 1 amide bonds. The number of methoxy groups -OCH3 is 1. The lowest BCUT2D eigenvalue weighted by molar-refractivity contribution is -0.119. The van der Waals surface area contributed by atoms with Gasteiger partial charge in [-0.05, 0) is 43.7 Å². The van der Waals surface area contributed by atoms with Crippen molar-refractivity contribution in [2.75, 3.05) is 20.0 Å². The first-order valence-corrected chi connectivity index (χ1v) is 8.75. The van der Waals surface area contributed by atoms with Gasteiger partial charge in [0.05, 0.1) is 18.9 Å². The van der Waals surface area contributed by atoms with E-state index in [2.05, 4.69) is 5.32 Å². The van der Waals surface area contributed by atoms with E-state index in [1.54, 1.807) is 12.1 Å². The van der Waals surface area contributed by atoms with Crippen molar-refractivity contribution < 1.29 is 19.0 Å². The first kappa shape index (κ1) is 21.0. The van der Waals surface area contributed by atoms with Crippen LogP contribution in [-0.2, 0) is 4.79 Å². The van der Waals surface area contributed by atoms with Crippen LogP contribution < -0.4 is 10.1 Å². The Morgan fingerprint density at radius 2 is 1.88 bits per heavy atom. The summed E-state index contributed by atoms with van der Waals surface area (Å²) in [6.45, 7) is 3.89. The molecule has 4 nitrogen and oxygen atoms in total. The number of amides is 1. The average molecular weight is 365 g/mol. The van der Waals surface area contributed by atoms with E-state index in [4.69, 9.17) is 9.84 Å². The third-order valence-electron chi connectivity index (χ3n) is 3.44. The molecule has 0 aliphatic heterocycles. The number of hydrogen-bond donors (Lipinski definition) is 2. The molecule has 25 heavy (non-hydrogen) atoms. The van der Waals surface area contributed by atoms with Gasteiger partial charge in [0.15, 0.2) is 11.6 Å². The fourth-order valence-electron chi connectivity index (χ4n) is 2.10. The van der Waals surface area contributed by atoms with Crippen LogP contribution in [0.3, 0.4) is 0 Å². The molecule has 0 bridgehead atoms. The Bertz CT molecular complexity index is 677. The first-order chi connectivity index (χ1) is 12.0. The van der Waals surface area contributed by atoms with Crippen molar-refractivity contribution in [3.8, 4) is 5.75 Å². The molecule has 0 spiro atoms. The molecule has 0 heterocycles. The van der Waals surface area contributed by atoms with Gasteiger partial charge in [0.25, 0.3) is 0 Å². The molecular weight excluding hydrogens is 341 g/mol. The largest absolute Gasteiger partial charge is 0.494 e. The summed E-state index contributed by atoms with van der Waals surface area (Å²) in [4.78, 5) is 13.1. The number of thioether (sulfide) groups is 1. The molecule has 2 aromatic carbocycles. The third kappa shape index (κ3) is 6.76. The van der Waals surface area contributed by atoms with Gasteiger partial charge in [0, 0.05) is 12.0 Å². The maximum atomic E-state index is 13.4. The van der Waals surface area contributed by atoms with Crippen molar-refractivity contribution in [3.05, 3.63) is 59.4 Å². The summed E-state index contributed by atoms with van der Waals surface area (Å²) in [6.07, 6.45) is 0. The maximum Gasteiger partial charge on any atom is 0.230 e. The number of aliphatic hydroxyl groups is 1. The van der Waals surface area contributed by atoms with Crippen LogP contribution in [0.4, 0.5) is 4.39 Å². The standard InChI is InChI=1S/C18H20FNO2S.CH4O/c1-12-4-7-15(8-5-12)23-11-18(21)20-13(2)14-6-9-16(19)17(10-14)22-3;1-2/h4-10,13H,11H2,1-3H3,(H,20,21);2H,1H3. The molecule has 6 heteroatoms. The van der Waals surface area contributed by atoms with E-state index in [9.17, 15) is 9.18 Å². The Morgan fingerprint density at radius 1 is 1.24 bits per heavy atom. The van der Waals surface area contributed by atoms with Crippen LogP contribution in [0.1, 0.15) is 24.1 Å². The highest BCUT2D eigenvalue weighted by atomic mass is 32.2. The highest BCUT2D eigenvalue weighted by molar-refractivity contribution is 8.00. The second-order valence-corrected chi connectivity index (χ2v) is 6.33. The summed E-state index contributed by atoms with van der Waals surface area (Å²) in [5.41, 5.74) is 2.00. The molecule has 0 aromatic heterocycles. The minimum atomic E-state index is -0.412. The lowest BCUT2D eigenvalue weighted by Crippen LogP contribution is -2.28. The van der Waals surface area contributed by atoms with Crippen LogP contribution in [0.25, 0.3) is 0 Å². The van der Waals surface area contributed by atoms with Crippen LogP contribution in [-0.4, -0.2) is 31.0 Å². The van der Waals surface area contributed by atoms with Gasteiger partial charge in [-0.2, -0.15) is 0 Å². The Hall–Kier alpha value is -2.05. The molecule has 1 atom stereocenters. The van der Waals surface area contributed by atoms with E-state index < -0.39 is 5.82 Å². The number of hydrogen-bond acceptors (Lipinski definition) is 4. The quantitative estimate of drug-likeness (QED) is 0.766. The topological polar surface area (TPSA) is 58.6 Å². The fraction of sp³-hybridized carbons (Fsp3) is 0.316. The molecule has 0 fully saturated rings. The zero-order valence-electron chi connectivity index (χ0n) is 14.9. The van der Waals surface area contributed by atoms with E-state index in [0.29, 0.717) is 5.75 Å². The monoisotopic (exact) mass is 365 g/mol. The molecule has 0 saturated carbocycles. The Morgan fingerprint density at radius 3 is 2.48 bits per heavy atom. The second kappa shape index (κ2) is 10.7. The molecule has 2 rings (SSSR count). The summed E-state index contributed by atoms with van der Waals surface area (Å²) in [5, 5.41) is 9.91. The molecule has 0 aliphatic carbocycles. The number of aliphatic hydroxyl groups excluding tert-OH is 1. The van der Waals surface area contributed by atoms with E-state index in [0.717, 1.165) is 17.6 Å². The second-order valence-electron chi connectivity index (χ2n) is 5.28. The normalized spacial score (nSPS) is 11.1. The minimum absolute atomic E-state index is 0.0635. The van der Waals surface area contributed by atoms with Crippen molar-refractivity contribution in [3.63, 3.8) is 0 Å². The van der Waals surface area contributed by atoms with Gasteiger partial charge in [-0.25, -0.2) is 4.39 Å². The summed E-state index contributed by atoms with van der Waals surface area (Å²) in [5.74, 6) is 0.0415. The molecule has 2 aromatic rings. The van der Waals surface area contributed by atoms with Crippen LogP contribution >= 0.6 is 11.8 Å². The van der Waals surface area contributed by atoms with E-state index in [1.165, 1.54) is 30.5 Å². The van der Waals surface area contributed by atoms with Crippen molar-refractivity contribution in [2.45, 2.75) is 24.8 Å².